The van der Waals surface area contributed by atoms with Crippen molar-refractivity contribution in [1.82, 2.24) is 10.3 Å². The van der Waals surface area contributed by atoms with Crippen LogP contribution in [0.15, 0.2) is 12.3 Å². The Morgan fingerprint density at radius 1 is 1.72 bits per heavy atom. The van der Waals surface area contributed by atoms with Gasteiger partial charge in [0.15, 0.2) is 6.20 Å². The Kier molecular flexibility index (Phi) is 4.90. The Morgan fingerprint density at radius 3 is 2.94 bits per heavy atom. The van der Waals surface area contributed by atoms with Crippen LogP contribution in [0.2, 0.25) is 0 Å². The molecule has 1 rings (SSSR count). The van der Waals surface area contributed by atoms with Crippen molar-refractivity contribution in [2.75, 3.05) is 18.5 Å². The van der Waals surface area contributed by atoms with E-state index in [2.05, 4.69) is 10.3 Å². The van der Waals surface area contributed by atoms with Gasteiger partial charge in [-0.05, 0) is 16.2 Å². The molecular weight excluding hydrogens is 256 g/mol. The second kappa shape index (κ2) is 6.20. The lowest BCUT2D eigenvalue weighted by molar-refractivity contribution is -0.389. The highest BCUT2D eigenvalue weighted by Gasteiger charge is 2.17. The molecule has 3 N–H and O–H groups in total. The summed E-state index contributed by atoms with van der Waals surface area (Å²) in [5.41, 5.74) is 5.77. The number of carbonyl (C=O) groups is 1. The van der Waals surface area contributed by atoms with Crippen LogP contribution in [0.5, 0.6) is 0 Å². The Balaban J connectivity index is 2.84. The third-order valence-electron chi connectivity index (χ3n) is 2.30. The fraction of sp³-hybridized carbons (Fsp3) is 0.400. The number of nitro groups is 1. The van der Waals surface area contributed by atoms with E-state index in [1.807, 2.05) is 13.2 Å². The fourth-order valence-electron chi connectivity index (χ4n) is 1.17. The van der Waals surface area contributed by atoms with Crippen molar-refractivity contribution in [2.24, 2.45) is 0 Å². The molecule has 0 fully saturated rings. The van der Waals surface area contributed by atoms with Crippen LogP contribution in [0.1, 0.15) is 17.3 Å². The van der Waals surface area contributed by atoms with Gasteiger partial charge in [0, 0.05) is 11.8 Å². The third-order valence-corrected chi connectivity index (χ3v) is 3.28. The first-order valence-electron chi connectivity index (χ1n) is 5.16. The van der Waals surface area contributed by atoms with Crippen LogP contribution < -0.4 is 11.1 Å². The van der Waals surface area contributed by atoms with Crippen molar-refractivity contribution in [3.05, 3.63) is 27.9 Å². The van der Waals surface area contributed by atoms with Gasteiger partial charge in [-0.2, -0.15) is 11.8 Å². The zero-order valence-electron chi connectivity index (χ0n) is 10.0. The van der Waals surface area contributed by atoms with Gasteiger partial charge in [0.1, 0.15) is 0 Å². The zero-order valence-corrected chi connectivity index (χ0v) is 10.9. The summed E-state index contributed by atoms with van der Waals surface area (Å²) in [6.07, 6.45) is 3.05. The van der Waals surface area contributed by atoms with Crippen molar-refractivity contribution in [2.45, 2.75) is 12.2 Å². The van der Waals surface area contributed by atoms with Crippen LogP contribution >= 0.6 is 11.8 Å². The maximum atomic E-state index is 11.8. The molecule has 1 aromatic heterocycles. The molecule has 1 amide bonds. The van der Waals surface area contributed by atoms with Crippen molar-refractivity contribution in [3.63, 3.8) is 0 Å². The molecule has 98 valence electrons. The number of rotatable bonds is 5. The van der Waals surface area contributed by atoms with Gasteiger partial charge in [-0.3, -0.25) is 4.79 Å². The monoisotopic (exact) mass is 270 g/mol. The minimum Gasteiger partial charge on any atom is -0.395 e. The van der Waals surface area contributed by atoms with Crippen LogP contribution in [0.4, 0.5) is 11.5 Å². The number of nitrogens with one attached hydrogen (secondary N) is 1. The molecule has 7 nitrogen and oxygen atoms in total. The summed E-state index contributed by atoms with van der Waals surface area (Å²) >= 11 is 1.61. The largest absolute Gasteiger partial charge is 0.395 e. The van der Waals surface area contributed by atoms with Crippen LogP contribution in [0.3, 0.4) is 0 Å². The number of carbonyl (C=O) groups excluding carboxylic acids is 1. The van der Waals surface area contributed by atoms with E-state index in [0.717, 1.165) is 12.3 Å². The summed E-state index contributed by atoms with van der Waals surface area (Å²) in [6, 6.07) is 1.08. The molecule has 8 heteroatoms. The number of hydrogen-bond donors (Lipinski definition) is 2. The van der Waals surface area contributed by atoms with E-state index in [0.29, 0.717) is 6.54 Å². The van der Waals surface area contributed by atoms with Gasteiger partial charge < -0.3 is 21.2 Å². The van der Waals surface area contributed by atoms with E-state index in [1.165, 1.54) is 0 Å². The van der Waals surface area contributed by atoms with Crippen LogP contribution in [-0.4, -0.2) is 33.9 Å². The number of nitrogens with two attached hydrogens (primary N) is 1. The summed E-state index contributed by atoms with van der Waals surface area (Å²) in [5.74, 6) is -0.828. The molecule has 0 bridgehead atoms. The molecular formula is C10H14N4O3S. The van der Waals surface area contributed by atoms with Gasteiger partial charge in [0.2, 0.25) is 0 Å². The molecule has 0 radical (unpaired) electrons. The molecule has 1 unspecified atom stereocenters. The summed E-state index contributed by atoms with van der Waals surface area (Å²) < 4.78 is 0. The number of anilines is 1. The van der Waals surface area contributed by atoms with E-state index >= 15 is 0 Å². The topological polar surface area (TPSA) is 111 Å². The molecule has 0 saturated heterocycles. The van der Waals surface area contributed by atoms with Crippen LogP contribution in [0.25, 0.3) is 0 Å². The van der Waals surface area contributed by atoms with Crippen molar-refractivity contribution < 1.29 is 9.72 Å². The highest BCUT2D eigenvalue weighted by atomic mass is 32.2. The number of thioether (sulfide) groups is 1. The molecule has 0 aliphatic carbocycles. The van der Waals surface area contributed by atoms with Crippen LogP contribution in [-0.2, 0) is 0 Å². The van der Waals surface area contributed by atoms with Crippen molar-refractivity contribution in [3.8, 4) is 0 Å². The summed E-state index contributed by atoms with van der Waals surface area (Å²) in [7, 11) is 0. The van der Waals surface area contributed by atoms with Gasteiger partial charge >= 0.3 is 5.82 Å². The first-order chi connectivity index (χ1) is 8.45. The second-order valence-corrected chi connectivity index (χ2v) is 4.92. The van der Waals surface area contributed by atoms with Gasteiger partial charge in [-0.25, -0.2) is 0 Å². The number of amides is 1. The van der Waals surface area contributed by atoms with Crippen molar-refractivity contribution >= 4 is 29.2 Å². The molecule has 1 heterocycles. The van der Waals surface area contributed by atoms with Crippen LogP contribution in [0, 0.1) is 10.1 Å². The molecule has 18 heavy (non-hydrogen) atoms. The Bertz CT molecular complexity index is 466. The third kappa shape index (κ3) is 3.59. The molecule has 1 aromatic rings. The minimum atomic E-state index is -0.666. The van der Waals surface area contributed by atoms with E-state index < -0.39 is 16.6 Å². The predicted octanol–water partition coefficient (Wildman–Crippen LogP) is 1.05. The van der Waals surface area contributed by atoms with Gasteiger partial charge in [0.05, 0.1) is 17.3 Å². The molecule has 1 atom stereocenters. The average Bonchev–Trinajstić information content (AvgIpc) is 2.35. The summed E-state index contributed by atoms with van der Waals surface area (Å²) in [5, 5.41) is 13.5. The average molecular weight is 270 g/mol. The summed E-state index contributed by atoms with van der Waals surface area (Å²) in [6.45, 7) is 2.43. The first kappa shape index (κ1) is 14.2. The lowest BCUT2D eigenvalue weighted by Gasteiger charge is -2.10. The lowest BCUT2D eigenvalue weighted by atomic mass is 10.2. The second-order valence-electron chi connectivity index (χ2n) is 3.64. The highest BCUT2D eigenvalue weighted by Crippen LogP contribution is 2.16. The molecule has 0 aliphatic rings. The Morgan fingerprint density at radius 2 is 2.39 bits per heavy atom. The fourth-order valence-corrected chi connectivity index (χ4v) is 1.42. The smallest absolute Gasteiger partial charge is 0.364 e. The molecule has 0 saturated carbocycles. The van der Waals surface area contributed by atoms with Crippen molar-refractivity contribution in [1.29, 1.82) is 0 Å². The normalized spacial score (nSPS) is 11.9. The highest BCUT2D eigenvalue weighted by molar-refractivity contribution is 7.99. The van der Waals surface area contributed by atoms with E-state index in [9.17, 15) is 14.9 Å². The van der Waals surface area contributed by atoms with Gasteiger partial charge in [-0.1, -0.05) is 6.92 Å². The lowest BCUT2D eigenvalue weighted by Crippen LogP contribution is -2.30. The van der Waals surface area contributed by atoms with Gasteiger partial charge in [0.25, 0.3) is 5.91 Å². The Hall–Kier alpha value is -1.83. The first-order valence-corrected chi connectivity index (χ1v) is 6.45. The minimum absolute atomic E-state index is 0.0741. The number of nitrogens with zero attached hydrogens (tertiary/aromatic N) is 2. The maximum Gasteiger partial charge on any atom is 0.364 e. The van der Waals surface area contributed by atoms with E-state index in [4.69, 9.17) is 5.73 Å². The Labute approximate surface area is 108 Å². The van der Waals surface area contributed by atoms with E-state index in [1.54, 1.807) is 11.8 Å². The quantitative estimate of drug-likeness (QED) is 0.611. The predicted molar refractivity (Wildman–Crippen MR) is 70.6 cm³/mol. The standard InChI is InChI=1S/C10H14N4O3S/c1-6(18-2)4-13-10(15)7-3-9(14(16)17)12-5-8(7)11/h3,5-6H,4,11H2,1-2H3,(H,13,15). The number of pyridine rings is 1. The summed E-state index contributed by atoms with van der Waals surface area (Å²) in [4.78, 5) is 25.2. The maximum absolute atomic E-state index is 11.8. The number of hydrogen-bond acceptors (Lipinski definition) is 6. The molecule has 0 spiro atoms. The molecule has 0 aromatic carbocycles. The zero-order chi connectivity index (χ0) is 13.7. The number of aromatic nitrogens is 1. The van der Waals surface area contributed by atoms with Gasteiger partial charge in [-0.15, -0.1) is 0 Å². The molecule has 0 aliphatic heterocycles. The SMILES string of the molecule is CSC(C)CNC(=O)c1cc([N+](=O)[O-])ncc1N. The number of nitrogen functional groups attached to an aromatic ring is 1. The van der Waals surface area contributed by atoms with E-state index in [-0.39, 0.29) is 16.5 Å².